The van der Waals surface area contributed by atoms with Crippen LogP contribution in [0.2, 0.25) is 0 Å². The van der Waals surface area contributed by atoms with Crippen molar-refractivity contribution >= 4 is 16.8 Å². The predicted molar refractivity (Wildman–Crippen MR) is 83.8 cm³/mol. The fourth-order valence-corrected chi connectivity index (χ4v) is 3.41. The summed E-state index contributed by atoms with van der Waals surface area (Å²) < 4.78 is 7.65. The molecule has 0 saturated carbocycles. The number of benzene rings is 1. The highest BCUT2D eigenvalue weighted by molar-refractivity contribution is 5.88. The van der Waals surface area contributed by atoms with Crippen LogP contribution in [0.4, 0.5) is 0 Å². The van der Waals surface area contributed by atoms with Crippen molar-refractivity contribution in [2.75, 3.05) is 13.7 Å². The van der Waals surface area contributed by atoms with Gasteiger partial charge < -0.3 is 14.6 Å². The van der Waals surface area contributed by atoms with Gasteiger partial charge in [-0.25, -0.2) is 0 Å². The molecule has 0 radical (unpaired) electrons. The number of amides is 1. The molecule has 0 fully saturated rings. The van der Waals surface area contributed by atoms with Crippen LogP contribution in [-0.2, 0) is 18.3 Å². The molecule has 1 amide bonds. The van der Waals surface area contributed by atoms with E-state index in [1.54, 1.807) is 7.11 Å². The number of hydrogen-bond acceptors (Lipinski definition) is 2. The van der Waals surface area contributed by atoms with Gasteiger partial charge >= 0.3 is 0 Å². The molecule has 4 heteroatoms. The van der Waals surface area contributed by atoms with Crippen molar-refractivity contribution in [1.82, 2.24) is 9.88 Å². The Morgan fingerprint density at radius 2 is 2.29 bits per heavy atom. The molecule has 2 aromatic rings. The average Bonchev–Trinajstić information content (AvgIpc) is 3.05. The number of aromatic nitrogens is 1. The third kappa shape index (κ3) is 2.28. The quantitative estimate of drug-likeness (QED) is 0.939. The van der Waals surface area contributed by atoms with Crippen molar-refractivity contribution < 1.29 is 9.53 Å². The lowest BCUT2D eigenvalue weighted by Gasteiger charge is -2.12. The van der Waals surface area contributed by atoms with E-state index in [2.05, 4.69) is 29.1 Å². The van der Waals surface area contributed by atoms with Crippen LogP contribution in [0, 0.1) is 0 Å². The molecule has 1 atom stereocenters. The van der Waals surface area contributed by atoms with Crippen LogP contribution in [0.5, 0.6) is 5.75 Å². The number of carbonyl (C=O) groups is 1. The largest absolute Gasteiger partial charge is 0.497 e. The smallest absolute Gasteiger partial charge is 0.219 e. The number of methoxy groups -OCH3 is 1. The zero-order valence-corrected chi connectivity index (χ0v) is 12.9. The van der Waals surface area contributed by atoms with E-state index < -0.39 is 0 Å². The molecule has 112 valence electrons. The van der Waals surface area contributed by atoms with Crippen molar-refractivity contribution in [1.29, 1.82) is 0 Å². The fraction of sp³-hybridized carbons (Fsp3) is 0.471. The van der Waals surface area contributed by atoms with Crippen LogP contribution in [0.1, 0.15) is 36.9 Å². The van der Waals surface area contributed by atoms with E-state index in [4.69, 9.17) is 4.74 Å². The maximum atomic E-state index is 11.5. The Morgan fingerprint density at radius 3 is 3.00 bits per heavy atom. The first-order chi connectivity index (χ1) is 10.2. The average molecular weight is 286 g/mol. The molecule has 0 unspecified atom stereocenters. The van der Waals surface area contributed by atoms with Crippen LogP contribution in [0.15, 0.2) is 18.2 Å². The number of carbonyl (C=O) groups excluding carboxylic acids is 1. The zero-order chi connectivity index (χ0) is 15.0. The summed E-state index contributed by atoms with van der Waals surface area (Å²) in [7, 11) is 3.82. The molecule has 4 nitrogen and oxygen atoms in total. The Morgan fingerprint density at radius 1 is 1.48 bits per heavy atom. The van der Waals surface area contributed by atoms with Crippen LogP contribution >= 0.6 is 0 Å². The van der Waals surface area contributed by atoms with Gasteiger partial charge in [-0.3, -0.25) is 4.79 Å². The first-order valence-corrected chi connectivity index (χ1v) is 7.57. The van der Waals surface area contributed by atoms with Gasteiger partial charge in [-0.15, -0.1) is 0 Å². The molecule has 21 heavy (non-hydrogen) atoms. The highest BCUT2D eigenvalue weighted by atomic mass is 16.5. The standard InChI is InChI=1S/C17H22N2O2/c1-4-16(20)18-10-11-5-7-15-17(11)13-9-12(21-3)6-8-14(13)19(15)2/h6,8-9,11H,4-5,7,10H2,1-3H3,(H,18,20)/t11-/m0/s1. The van der Waals surface area contributed by atoms with E-state index in [0.717, 1.165) is 25.1 Å². The summed E-state index contributed by atoms with van der Waals surface area (Å²) in [6.45, 7) is 2.62. The molecule has 3 rings (SSSR count). The minimum atomic E-state index is 0.126. The Balaban J connectivity index is 1.99. The molecule has 0 aliphatic heterocycles. The number of rotatable bonds is 4. The molecule has 1 heterocycles. The van der Waals surface area contributed by atoms with Gasteiger partial charge in [-0.2, -0.15) is 0 Å². The minimum absolute atomic E-state index is 0.126. The van der Waals surface area contributed by atoms with E-state index in [1.807, 2.05) is 13.0 Å². The first kappa shape index (κ1) is 14.0. The lowest BCUT2D eigenvalue weighted by Crippen LogP contribution is -2.26. The number of nitrogens with one attached hydrogen (secondary N) is 1. The molecule has 1 N–H and O–H groups in total. The monoisotopic (exact) mass is 286 g/mol. The molecular weight excluding hydrogens is 264 g/mol. The van der Waals surface area contributed by atoms with Crippen molar-refractivity contribution in [3.8, 4) is 5.75 Å². The summed E-state index contributed by atoms with van der Waals surface area (Å²) in [4.78, 5) is 11.5. The molecule has 0 bridgehead atoms. The highest BCUT2D eigenvalue weighted by Crippen LogP contribution is 2.40. The molecule has 1 aliphatic carbocycles. The molecule has 0 saturated heterocycles. The van der Waals surface area contributed by atoms with Crippen LogP contribution in [-0.4, -0.2) is 24.1 Å². The summed E-state index contributed by atoms with van der Waals surface area (Å²) in [5, 5.41) is 4.30. The van der Waals surface area contributed by atoms with Gasteiger partial charge in [-0.1, -0.05) is 6.92 Å². The molecule has 1 aromatic carbocycles. The van der Waals surface area contributed by atoms with Gasteiger partial charge in [0.2, 0.25) is 5.91 Å². The SMILES string of the molecule is CCC(=O)NC[C@@H]1CCc2c1c1cc(OC)ccc1n2C. The van der Waals surface area contributed by atoms with Crippen molar-refractivity contribution in [2.45, 2.75) is 32.1 Å². The summed E-state index contributed by atoms with van der Waals surface area (Å²) >= 11 is 0. The van der Waals surface area contributed by atoms with E-state index in [9.17, 15) is 4.79 Å². The van der Waals surface area contributed by atoms with Crippen molar-refractivity contribution in [3.63, 3.8) is 0 Å². The summed E-state index contributed by atoms with van der Waals surface area (Å²) in [5.74, 6) is 1.42. The Labute approximate surface area is 125 Å². The lowest BCUT2D eigenvalue weighted by molar-refractivity contribution is -0.120. The number of fused-ring (bicyclic) bond motifs is 3. The van der Waals surface area contributed by atoms with Gasteiger partial charge in [-0.05, 0) is 36.6 Å². The van der Waals surface area contributed by atoms with Crippen LogP contribution in [0.25, 0.3) is 10.9 Å². The summed E-state index contributed by atoms with van der Waals surface area (Å²) in [5.41, 5.74) is 4.03. The number of aryl methyl sites for hydroxylation is 1. The van der Waals surface area contributed by atoms with Gasteiger partial charge in [0.15, 0.2) is 0 Å². The molecule has 1 aliphatic rings. The third-order valence-corrected chi connectivity index (χ3v) is 4.58. The minimum Gasteiger partial charge on any atom is -0.497 e. The molecule has 1 aromatic heterocycles. The second kappa shape index (κ2) is 5.43. The van der Waals surface area contributed by atoms with E-state index in [1.165, 1.54) is 22.2 Å². The maximum Gasteiger partial charge on any atom is 0.219 e. The maximum absolute atomic E-state index is 11.5. The Bertz CT molecular complexity index is 688. The summed E-state index contributed by atoms with van der Waals surface area (Å²) in [6.07, 6.45) is 2.73. The number of nitrogens with zero attached hydrogens (tertiary/aromatic N) is 1. The second-order valence-corrected chi connectivity index (χ2v) is 5.70. The second-order valence-electron chi connectivity index (χ2n) is 5.70. The summed E-state index contributed by atoms with van der Waals surface area (Å²) in [6, 6.07) is 6.24. The first-order valence-electron chi connectivity index (χ1n) is 7.57. The Kier molecular flexibility index (Phi) is 3.62. The van der Waals surface area contributed by atoms with Gasteiger partial charge in [0.05, 0.1) is 7.11 Å². The van der Waals surface area contributed by atoms with E-state index >= 15 is 0 Å². The van der Waals surface area contributed by atoms with E-state index in [0.29, 0.717) is 12.3 Å². The van der Waals surface area contributed by atoms with Gasteiger partial charge in [0, 0.05) is 42.5 Å². The van der Waals surface area contributed by atoms with Gasteiger partial charge in [0.1, 0.15) is 5.75 Å². The van der Waals surface area contributed by atoms with E-state index in [-0.39, 0.29) is 5.91 Å². The fourth-order valence-electron chi connectivity index (χ4n) is 3.41. The normalized spacial score (nSPS) is 17.0. The topological polar surface area (TPSA) is 43.3 Å². The Hall–Kier alpha value is -1.97. The third-order valence-electron chi connectivity index (χ3n) is 4.58. The highest BCUT2D eigenvalue weighted by Gasteiger charge is 2.29. The van der Waals surface area contributed by atoms with Crippen LogP contribution in [0.3, 0.4) is 0 Å². The number of hydrogen-bond donors (Lipinski definition) is 1. The number of ether oxygens (including phenoxy) is 1. The van der Waals surface area contributed by atoms with Crippen molar-refractivity contribution in [2.24, 2.45) is 7.05 Å². The molecule has 0 spiro atoms. The lowest BCUT2D eigenvalue weighted by atomic mass is 10.00. The van der Waals surface area contributed by atoms with Crippen LogP contribution < -0.4 is 10.1 Å². The predicted octanol–water partition coefficient (Wildman–Crippen LogP) is 2.74. The molecular formula is C17H22N2O2. The zero-order valence-electron chi connectivity index (χ0n) is 12.9. The van der Waals surface area contributed by atoms with Gasteiger partial charge in [0.25, 0.3) is 0 Å². The van der Waals surface area contributed by atoms with Crippen molar-refractivity contribution in [3.05, 3.63) is 29.5 Å².